The number of rotatable bonds is 3. The summed E-state index contributed by atoms with van der Waals surface area (Å²) in [6.07, 6.45) is 4.78. The SMILES string of the molecule is O=[N+]([O-])c1ccc(NC2CCCCNC2)nc1. The van der Waals surface area contributed by atoms with Crippen molar-refractivity contribution < 1.29 is 4.92 Å². The number of pyridine rings is 1. The molecule has 0 spiro atoms. The molecule has 0 amide bonds. The van der Waals surface area contributed by atoms with Crippen LogP contribution in [0.5, 0.6) is 0 Å². The van der Waals surface area contributed by atoms with Crippen molar-refractivity contribution in [2.45, 2.75) is 25.3 Å². The molecule has 6 nitrogen and oxygen atoms in total. The molecule has 0 bridgehead atoms. The summed E-state index contributed by atoms with van der Waals surface area (Å²) >= 11 is 0. The van der Waals surface area contributed by atoms with Crippen LogP contribution in [0.2, 0.25) is 0 Å². The zero-order valence-electron chi connectivity index (χ0n) is 9.56. The van der Waals surface area contributed by atoms with Crippen molar-refractivity contribution in [3.8, 4) is 0 Å². The number of hydrogen-bond acceptors (Lipinski definition) is 5. The second-order valence-corrected chi connectivity index (χ2v) is 4.20. The Morgan fingerprint density at radius 2 is 2.35 bits per heavy atom. The second-order valence-electron chi connectivity index (χ2n) is 4.20. The molecule has 0 aliphatic carbocycles. The van der Waals surface area contributed by atoms with Gasteiger partial charge in [-0.1, -0.05) is 6.42 Å². The van der Waals surface area contributed by atoms with Crippen molar-refractivity contribution in [2.75, 3.05) is 18.4 Å². The van der Waals surface area contributed by atoms with Crippen molar-refractivity contribution in [2.24, 2.45) is 0 Å². The Kier molecular flexibility index (Phi) is 3.87. The summed E-state index contributed by atoms with van der Waals surface area (Å²) in [7, 11) is 0. The van der Waals surface area contributed by atoms with E-state index in [1.807, 2.05) is 0 Å². The first kappa shape index (κ1) is 11.8. The van der Waals surface area contributed by atoms with Gasteiger partial charge in [0, 0.05) is 18.7 Å². The third-order valence-electron chi connectivity index (χ3n) is 2.86. The van der Waals surface area contributed by atoms with E-state index in [2.05, 4.69) is 15.6 Å². The monoisotopic (exact) mass is 236 g/mol. The number of aromatic nitrogens is 1. The average molecular weight is 236 g/mol. The molecular weight excluding hydrogens is 220 g/mol. The summed E-state index contributed by atoms with van der Waals surface area (Å²) in [6.45, 7) is 1.98. The molecule has 1 saturated heterocycles. The van der Waals surface area contributed by atoms with Crippen LogP contribution in [0.15, 0.2) is 18.3 Å². The summed E-state index contributed by atoms with van der Waals surface area (Å²) < 4.78 is 0. The zero-order chi connectivity index (χ0) is 12.1. The Bertz CT molecular complexity index is 372. The highest BCUT2D eigenvalue weighted by Gasteiger charge is 2.12. The highest BCUT2D eigenvalue weighted by atomic mass is 16.6. The fraction of sp³-hybridized carbons (Fsp3) is 0.545. The van der Waals surface area contributed by atoms with Gasteiger partial charge in [0.15, 0.2) is 0 Å². The third-order valence-corrected chi connectivity index (χ3v) is 2.86. The minimum absolute atomic E-state index is 0.0227. The summed E-state index contributed by atoms with van der Waals surface area (Å²) in [6, 6.07) is 3.48. The molecule has 2 rings (SSSR count). The molecule has 1 aliphatic heterocycles. The third kappa shape index (κ3) is 3.39. The minimum atomic E-state index is -0.440. The van der Waals surface area contributed by atoms with Gasteiger partial charge in [0.1, 0.15) is 12.0 Å². The van der Waals surface area contributed by atoms with E-state index in [0.29, 0.717) is 11.9 Å². The predicted molar refractivity (Wildman–Crippen MR) is 65.0 cm³/mol. The maximum absolute atomic E-state index is 10.5. The maximum Gasteiger partial charge on any atom is 0.287 e. The lowest BCUT2D eigenvalue weighted by Crippen LogP contribution is -2.31. The smallest absolute Gasteiger partial charge is 0.287 e. The van der Waals surface area contributed by atoms with Crippen molar-refractivity contribution >= 4 is 11.5 Å². The molecule has 17 heavy (non-hydrogen) atoms. The van der Waals surface area contributed by atoms with Crippen LogP contribution in [-0.2, 0) is 0 Å². The van der Waals surface area contributed by atoms with Gasteiger partial charge in [-0.15, -0.1) is 0 Å². The number of nitrogens with zero attached hydrogens (tertiary/aromatic N) is 2. The van der Waals surface area contributed by atoms with Gasteiger partial charge >= 0.3 is 0 Å². The van der Waals surface area contributed by atoms with Crippen molar-refractivity contribution in [1.29, 1.82) is 0 Å². The summed E-state index contributed by atoms with van der Waals surface area (Å²) in [5.41, 5.74) is 0.0227. The van der Waals surface area contributed by atoms with E-state index < -0.39 is 4.92 Å². The molecule has 1 aliphatic rings. The van der Waals surface area contributed by atoms with Crippen LogP contribution in [0, 0.1) is 10.1 Å². The number of anilines is 1. The van der Waals surface area contributed by atoms with E-state index >= 15 is 0 Å². The van der Waals surface area contributed by atoms with Crippen LogP contribution >= 0.6 is 0 Å². The van der Waals surface area contributed by atoms with E-state index in [4.69, 9.17) is 0 Å². The van der Waals surface area contributed by atoms with E-state index in [0.717, 1.165) is 19.5 Å². The predicted octanol–water partition coefficient (Wildman–Crippen LogP) is 1.54. The highest BCUT2D eigenvalue weighted by molar-refractivity contribution is 5.40. The standard InChI is InChI=1S/C11H16N4O2/c16-15(17)10-4-5-11(13-8-10)14-9-3-1-2-6-12-7-9/h4-5,8-9,12H,1-3,6-7H2,(H,13,14). The maximum atomic E-state index is 10.5. The molecule has 2 heterocycles. The molecule has 1 unspecified atom stereocenters. The molecule has 1 atom stereocenters. The average Bonchev–Trinajstić information content (AvgIpc) is 2.58. The molecule has 92 valence electrons. The Hall–Kier alpha value is -1.69. The molecule has 0 radical (unpaired) electrons. The molecule has 0 aromatic carbocycles. The Morgan fingerprint density at radius 3 is 3.06 bits per heavy atom. The first-order chi connectivity index (χ1) is 8.25. The van der Waals surface area contributed by atoms with Crippen LogP contribution < -0.4 is 10.6 Å². The lowest BCUT2D eigenvalue weighted by molar-refractivity contribution is -0.385. The van der Waals surface area contributed by atoms with Crippen LogP contribution in [0.25, 0.3) is 0 Å². The van der Waals surface area contributed by atoms with Crippen LogP contribution in [0.4, 0.5) is 11.5 Å². The van der Waals surface area contributed by atoms with E-state index in [9.17, 15) is 10.1 Å². The highest BCUT2D eigenvalue weighted by Crippen LogP contribution is 2.14. The zero-order valence-corrected chi connectivity index (χ0v) is 9.56. The van der Waals surface area contributed by atoms with Gasteiger partial charge in [-0.05, 0) is 25.5 Å². The van der Waals surface area contributed by atoms with Gasteiger partial charge < -0.3 is 10.6 Å². The van der Waals surface area contributed by atoms with Gasteiger partial charge in [0.2, 0.25) is 0 Å². The summed E-state index contributed by atoms with van der Waals surface area (Å²) in [5, 5.41) is 17.1. The van der Waals surface area contributed by atoms with Crippen LogP contribution in [-0.4, -0.2) is 29.0 Å². The number of nitrogens with one attached hydrogen (secondary N) is 2. The fourth-order valence-corrected chi connectivity index (χ4v) is 1.93. The summed E-state index contributed by atoms with van der Waals surface area (Å²) in [4.78, 5) is 14.1. The fourth-order valence-electron chi connectivity index (χ4n) is 1.93. The molecular formula is C11H16N4O2. The normalized spacial score (nSPS) is 20.6. The van der Waals surface area contributed by atoms with Gasteiger partial charge in [0.05, 0.1) is 4.92 Å². The first-order valence-corrected chi connectivity index (χ1v) is 5.83. The lowest BCUT2D eigenvalue weighted by Gasteiger charge is -2.16. The van der Waals surface area contributed by atoms with Gasteiger partial charge in [-0.3, -0.25) is 10.1 Å². The van der Waals surface area contributed by atoms with Crippen LogP contribution in [0.3, 0.4) is 0 Å². The van der Waals surface area contributed by atoms with Gasteiger partial charge in [0.25, 0.3) is 5.69 Å². The molecule has 6 heteroatoms. The van der Waals surface area contributed by atoms with Crippen molar-refractivity contribution in [1.82, 2.24) is 10.3 Å². The molecule has 1 aromatic heterocycles. The largest absolute Gasteiger partial charge is 0.366 e. The number of nitro groups is 1. The lowest BCUT2D eigenvalue weighted by atomic mass is 10.1. The quantitative estimate of drug-likeness (QED) is 0.614. The Morgan fingerprint density at radius 1 is 1.47 bits per heavy atom. The van der Waals surface area contributed by atoms with E-state index in [1.54, 1.807) is 6.07 Å². The number of hydrogen-bond donors (Lipinski definition) is 2. The van der Waals surface area contributed by atoms with Crippen LogP contribution in [0.1, 0.15) is 19.3 Å². The Balaban J connectivity index is 1.95. The van der Waals surface area contributed by atoms with E-state index in [1.165, 1.54) is 25.1 Å². The Labute approximate surface area is 99.6 Å². The van der Waals surface area contributed by atoms with Gasteiger partial charge in [-0.25, -0.2) is 4.98 Å². The second kappa shape index (κ2) is 5.58. The van der Waals surface area contributed by atoms with Crippen molar-refractivity contribution in [3.63, 3.8) is 0 Å². The van der Waals surface area contributed by atoms with Gasteiger partial charge in [-0.2, -0.15) is 0 Å². The molecule has 2 N–H and O–H groups in total. The van der Waals surface area contributed by atoms with E-state index in [-0.39, 0.29) is 5.69 Å². The summed E-state index contributed by atoms with van der Waals surface area (Å²) in [5.74, 6) is 0.698. The molecule has 1 aromatic rings. The molecule has 0 saturated carbocycles. The van der Waals surface area contributed by atoms with Crippen molar-refractivity contribution in [3.05, 3.63) is 28.4 Å². The molecule has 1 fully saturated rings. The first-order valence-electron chi connectivity index (χ1n) is 5.83. The topological polar surface area (TPSA) is 80.1 Å². The minimum Gasteiger partial charge on any atom is -0.366 e.